The van der Waals surface area contributed by atoms with E-state index in [4.69, 9.17) is 13.9 Å². The highest BCUT2D eigenvalue weighted by atomic mass is 16.5. The molecule has 8 heteroatoms. The number of carbonyl (C=O) groups is 1. The van der Waals surface area contributed by atoms with Crippen LogP contribution >= 0.6 is 0 Å². The molecule has 1 amide bonds. The number of hydrogen-bond donors (Lipinski definition) is 2. The maximum Gasteiger partial charge on any atom is 0.262 e. The van der Waals surface area contributed by atoms with Crippen LogP contribution in [-0.2, 0) is 11.3 Å². The van der Waals surface area contributed by atoms with E-state index < -0.39 is 5.91 Å². The van der Waals surface area contributed by atoms with Gasteiger partial charge in [0, 0.05) is 11.1 Å². The van der Waals surface area contributed by atoms with E-state index in [1.165, 1.54) is 12.3 Å². The summed E-state index contributed by atoms with van der Waals surface area (Å²) in [6, 6.07) is 10.8. The molecule has 0 saturated heterocycles. The van der Waals surface area contributed by atoms with Crippen LogP contribution in [0.1, 0.15) is 11.3 Å². The van der Waals surface area contributed by atoms with Crippen LogP contribution in [0.5, 0.6) is 11.5 Å². The Kier molecular flexibility index (Phi) is 5.77. The molecular weight excluding hydrogens is 360 g/mol. The van der Waals surface area contributed by atoms with Gasteiger partial charge in [-0.05, 0) is 36.4 Å². The number of furan rings is 1. The van der Waals surface area contributed by atoms with Gasteiger partial charge in [-0.3, -0.25) is 9.89 Å². The van der Waals surface area contributed by atoms with Gasteiger partial charge in [-0.25, -0.2) is 0 Å². The maximum absolute atomic E-state index is 12.3. The lowest BCUT2D eigenvalue weighted by atomic mass is 10.1. The van der Waals surface area contributed by atoms with Crippen LogP contribution in [0.15, 0.2) is 52.8 Å². The number of carbonyl (C=O) groups excluding carboxylic acids is 1. The van der Waals surface area contributed by atoms with Crippen LogP contribution in [0, 0.1) is 11.3 Å². The number of methoxy groups -OCH3 is 2. The van der Waals surface area contributed by atoms with Gasteiger partial charge in [0.05, 0.1) is 38.9 Å². The molecular formula is C20H18N4O4. The van der Waals surface area contributed by atoms with Crippen molar-refractivity contribution in [2.45, 2.75) is 6.54 Å². The Morgan fingerprint density at radius 1 is 1.32 bits per heavy atom. The highest BCUT2D eigenvalue weighted by molar-refractivity contribution is 6.02. The summed E-state index contributed by atoms with van der Waals surface area (Å²) in [4.78, 5) is 12.3. The standard InChI is InChI=1S/C20H18N4O4/c1-26-17-6-5-13(9-18(17)27-2)19-15(11-23-24-19)8-14(10-21)20(25)22-12-16-4-3-7-28-16/h3-9,11H,12H2,1-2H3,(H,22,25)(H,23,24)/b14-8+. The van der Waals surface area contributed by atoms with Gasteiger partial charge in [0.1, 0.15) is 17.4 Å². The van der Waals surface area contributed by atoms with Gasteiger partial charge in [-0.15, -0.1) is 0 Å². The van der Waals surface area contributed by atoms with E-state index in [1.54, 1.807) is 44.7 Å². The summed E-state index contributed by atoms with van der Waals surface area (Å²) in [6.07, 6.45) is 4.54. The first kappa shape index (κ1) is 18.8. The minimum atomic E-state index is -0.502. The zero-order valence-electron chi connectivity index (χ0n) is 15.4. The third kappa shape index (κ3) is 4.04. The Labute approximate surface area is 161 Å². The molecule has 0 unspecified atom stereocenters. The van der Waals surface area contributed by atoms with Crippen LogP contribution in [0.2, 0.25) is 0 Å². The highest BCUT2D eigenvalue weighted by Gasteiger charge is 2.14. The molecule has 2 aromatic heterocycles. The topological polar surface area (TPSA) is 113 Å². The monoisotopic (exact) mass is 378 g/mol. The van der Waals surface area contributed by atoms with Crippen molar-refractivity contribution in [1.29, 1.82) is 5.26 Å². The number of hydrogen-bond acceptors (Lipinski definition) is 6. The fourth-order valence-electron chi connectivity index (χ4n) is 2.61. The van der Waals surface area contributed by atoms with Crippen molar-refractivity contribution in [1.82, 2.24) is 15.5 Å². The van der Waals surface area contributed by atoms with E-state index in [0.29, 0.717) is 28.5 Å². The number of amides is 1. The second-order valence-corrected chi connectivity index (χ2v) is 5.70. The quantitative estimate of drug-likeness (QED) is 0.483. The average Bonchev–Trinajstić information content (AvgIpc) is 3.41. The number of aromatic amines is 1. The van der Waals surface area contributed by atoms with Crippen LogP contribution < -0.4 is 14.8 Å². The van der Waals surface area contributed by atoms with Crippen molar-refractivity contribution in [3.8, 4) is 28.8 Å². The smallest absolute Gasteiger partial charge is 0.262 e. The van der Waals surface area contributed by atoms with Gasteiger partial charge in [0.25, 0.3) is 5.91 Å². The summed E-state index contributed by atoms with van der Waals surface area (Å²) in [6.45, 7) is 0.193. The Hall–Kier alpha value is -3.99. The van der Waals surface area contributed by atoms with Gasteiger partial charge in [-0.1, -0.05) is 0 Å². The predicted octanol–water partition coefficient (Wildman–Crippen LogP) is 2.91. The normalized spacial score (nSPS) is 11.0. The molecule has 0 bridgehead atoms. The van der Waals surface area contributed by atoms with Crippen molar-refractivity contribution < 1.29 is 18.7 Å². The molecule has 8 nitrogen and oxygen atoms in total. The summed E-state index contributed by atoms with van der Waals surface area (Å²) < 4.78 is 15.7. The Morgan fingerprint density at radius 3 is 2.82 bits per heavy atom. The summed E-state index contributed by atoms with van der Waals surface area (Å²) in [5, 5.41) is 19.0. The predicted molar refractivity (Wildman–Crippen MR) is 101 cm³/mol. The fourth-order valence-corrected chi connectivity index (χ4v) is 2.61. The first-order valence-electron chi connectivity index (χ1n) is 8.34. The molecule has 0 aliphatic heterocycles. The first-order chi connectivity index (χ1) is 13.7. The molecule has 0 aliphatic carbocycles. The molecule has 0 saturated carbocycles. The lowest BCUT2D eigenvalue weighted by Crippen LogP contribution is -2.23. The molecule has 3 rings (SSSR count). The molecule has 3 aromatic rings. The zero-order valence-corrected chi connectivity index (χ0v) is 15.4. The van der Waals surface area contributed by atoms with Gasteiger partial charge in [-0.2, -0.15) is 10.4 Å². The van der Waals surface area contributed by atoms with Crippen molar-refractivity contribution in [3.05, 3.63) is 59.7 Å². The zero-order chi connectivity index (χ0) is 19.9. The second-order valence-electron chi connectivity index (χ2n) is 5.70. The van der Waals surface area contributed by atoms with E-state index in [1.807, 2.05) is 12.1 Å². The molecule has 0 fully saturated rings. The largest absolute Gasteiger partial charge is 0.493 e. The number of ether oxygens (including phenoxy) is 2. The molecule has 0 atom stereocenters. The van der Waals surface area contributed by atoms with E-state index >= 15 is 0 Å². The van der Waals surface area contributed by atoms with Gasteiger partial charge in [0.15, 0.2) is 11.5 Å². The molecule has 1 aromatic carbocycles. The molecule has 2 N–H and O–H groups in total. The number of benzene rings is 1. The van der Waals surface area contributed by atoms with Crippen LogP contribution in [-0.4, -0.2) is 30.3 Å². The summed E-state index contributed by atoms with van der Waals surface area (Å²) in [7, 11) is 3.11. The second kappa shape index (κ2) is 8.60. The summed E-state index contributed by atoms with van der Waals surface area (Å²) in [5.74, 6) is 1.25. The van der Waals surface area contributed by atoms with Crippen molar-refractivity contribution in [2.24, 2.45) is 0 Å². The van der Waals surface area contributed by atoms with Crippen LogP contribution in [0.3, 0.4) is 0 Å². The Balaban J connectivity index is 1.85. The molecule has 0 radical (unpaired) electrons. The molecule has 28 heavy (non-hydrogen) atoms. The van der Waals surface area contributed by atoms with Gasteiger partial charge >= 0.3 is 0 Å². The maximum atomic E-state index is 12.3. The number of rotatable bonds is 7. The first-order valence-corrected chi connectivity index (χ1v) is 8.34. The fraction of sp³-hybridized carbons (Fsp3) is 0.150. The van der Waals surface area contributed by atoms with Crippen LogP contribution in [0.4, 0.5) is 0 Å². The van der Waals surface area contributed by atoms with E-state index in [-0.39, 0.29) is 12.1 Å². The molecule has 2 heterocycles. The number of nitriles is 1. The summed E-state index contributed by atoms with van der Waals surface area (Å²) >= 11 is 0. The lowest BCUT2D eigenvalue weighted by Gasteiger charge is -2.09. The molecule has 0 aliphatic rings. The average molecular weight is 378 g/mol. The lowest BCUT2D eigenvalue weighted by molar-refractivity contribution is -0.117. The summed E-state index contributed by atoms with van der Waals surface area (Å²) in [5.41, 5.74) is 1.97. The Bertz CT molecular complexity index is 1030. The minimum Gasteiger partial charge on any atom is -0.493 e. The highest BCUT2D eigenvalue weighted by Crippen LogP contribution is 2.33. The van der Waals surface area contributed by atoms with E-state index in [0.717, 1.165) is 5.56 Å². The van der Waals surface area contributed by atoms with Gasteiger partial charge in [0.2, 0.25) is 0 Å². The van der Waals surface area contributed by atoms with E-state index in [2.05, 4.69) is 15.5 Å². The van der Waals surface area contributed by atoms with Gasteiger partial charge < -0.3 is 19.2 Å². The molecule has 142 valence electrons. The number of aromatic nitrogens is 2. The van der Waals surface area contributed by atoms with Crippen molar-refractivity contribution >= 4 is 12.0 Å². The number of nitrogens with one attached hydrogen (secondary N) is 2. The number of nitrogens with zero attached hydrogens (tertiary/aromatic N) is 2. The SMILES string of the molecule is COc1ccc(-c2[nH]ncc2/C=C(\C#N)C(=O)NCc2ccco2)cc1OC. The van der Waals surface area contributed by atoms with Crippen molar-refractivity contribution in [2.75, 3.05) is 14.2 Å². The third-order valence-corrected chi connectivity index (χ3v) is 4.01. The minimum absolute atomic E-state index is 0.0466. The Morgan fingerprint density at radius 2 is 2.14 bits per heavy atom. The number of H-pyrrole nitrogens is 1. The van der Waals surface area contributed by atoms with E-state index in [9.17, 15) is 10.1 Å². The molecule has 0 spiro atoms. The third-order valence-electron chi connectivity index (χ3n) is 4.01. The van der Waals surface area contributed by atoms with Crippen molar-refractivity contribution in [3.63, 3.8) is 0 Å². The van der Waals surface area contributed by atoms with Crippen LogP contribution in [0.25, 0.3) is 17.3 Å².